The molecule has 2 aromatic carbocycles. The molecule has 19 heavy (non-hydrogen) atoms. The van der Waals surface area contributed by atoms with Crippen molar-refractivity contribution < 1.29 is 0 Å². The van der Waals surface area contributed by atoms with E-state index < -0.39 is 0 Å². The third-order valence-corrected chi connectivity index (χ3v) is 3.39. The highest BCUT2D eigenvalue weighted by molar-refractivity contribution is 6.12. The van der Waals surface area contributed by atoms with E-state index in [1.165, 1.54) is 11.1 Å². The number of hydrogen-bond donors (Lipinski definition) is 0. The maximum atomic E-state index is 4.93. The zero-order valence-electron chi connectivity index (χ0n) is 11.9. The second-order valence-electron chi connectivity index (χ2n) is 5.19. The Morgan fingerprint density at radius 2 is 1.16 bits per heavy atom. The Kier molecular flexibility index (Phi) is 4.51. The van der Waals surface area contributed by atoms with Gasteiger partial charge in [-0.25, -0.2) is 0 Å². The largest absolute Gasteiger partial charge is 0.281 e. The lowest BCUT2D eigenvalue weighted by Gasteiger charge is -2.14. The summed E-state index contributed by atoms with van der Waals surface area (Å²) < 4.78 is 0. The molecule has 0 aromatic heterocycles. The van der Waals surface area contributed by atoms with Gasteiger partial charge in [-0.1, -0.05) is 74.5 Å². The van der Waals surface area contributed by atoms with Gasteiger partial charge in [0.15, 0.2) is 0 Å². The van der Waals surface area contributed by atoms with Crippen LogP contribution in [0.2, 0.25) is 0 Å². The van der Waals surface area contributed by atoms with Crippen molar-refractivity contribution in [2.45, 2.75) is 26.8 Å². The first-order chi connectivity index (χ1) is 9.18. The van der Waals surface area contributed by atoms with E-state index >= 15 is 0 Å². The van der Waals surface area contributed by atoms with Crippen LogP contribution in [0.15, 0.2) is 65.7 Å². The van der Waals surface area contributed by atoms with Crippen molar-refractivity contribution in [3.05, 3.63) is 71.8 Å². The van der Waals surface area contributed by atoms with Gasteiger partial charge in [0.2, 0.25) is 0 Å². The highest BCUT2D eigenvalue weighted by Gasteiger charge is 2.10. The lowest BCUT2D eigenvalue weighted by Crippen LogP contribution is -2.13. The molecule has 2 aromatic rings. The van der Waals surface area contributed by atoms with E-state index in [4.69, 9.17) is 4.99 Å². The van der Waals surface area contributed by atoms with Crippen molar-refractivity contribution in [2.24, 2.45) is 10.9 Å². The molecule has 1 nitrogen and oxygen atoms in total. The average molecular weight is 251 g/mol. The van der Waals surface area contributed by atoms with E-state index in [1.807, 2.05) is 12.1 Å². The van der Waals surface area contributed by atoms with Gasteiger partial charge in [0.1, 0.15) is 0 Å². The number of benzene rings is 2. The number of hydrogen-bond acceptors (Lipinski definition) is 1. The molecule has 0 amide bonds. The van der Waals surface area contributed by atoms with E-state index in [2.05, 4.69) is 69.3 Å². The fourth-order valence-electron chi connectivity index (χ4n) is 1.86. The SMILES string of the molecule is CC(C)C(C)N=C(c1ccccc1)c1ccccc1. The van der Waals surface area contributed by atoms with Crippen LogP contribution in [0.4, 0.5) is 0 Å². The van der Waals surface area contributed by atoms with Gasteiger partial charge in [0.05, 0.1) is 11.8 Å². The van der Waals surface area contributed by atoms with Gasteiger partial charge in [0, 0.05) is 11.1 Å². The second kappa shape index (κ2) is 6.33. The molecule has 0 fully saturated rings. The molecular formula is C18H21N. The predicted molar refractivity (Wildman–Crippen MR) is 82.8 cm³/mol. The molecule has 0 saturated carbocycles. The summed E-state index contributed by atoms with van der Waals surface area (Å²) in [7, 11) is 0. The molecule has 0 saturated heterocycles. The van der Waals surface area contributed by atoms with E-state index in [0.717, 1.165) is 5.71 Å². The molecule has 1 atom stereocenters. The molecule has 0 spiro atoms. The Morgan fingerprint density at radius 3 is 1.53 bits per heavy atom. The van der Waals surface area contributed by atoms with Crippen LogP contribution in [0.25, 0.3) is 0 Å². The van der Waals surface area contributed by atoms with Crippen molar-refractivity contribution >= 4 is 5.71 Å². The fourth-order valence-corrected chi connectivity index (χ4v) is 1.86. The van der Waals surface area contributed by atoms with Crippen molar-refractivity contribution in [1.82, 2.24) is 0 Å². The number of nitrogens with zero attached hydrogens (tertiary/aromatic N) is 1. The predicted octanol–water partition coefficient (Wildman–Crippen LogP) is 4.57. The van der Waals surface area contributed by atoms with Crippen molar-refractivity contribution in [3.8, 4) is 0 Å². The quantitative estimate of drug-likeness (QED) is 0.706. The lowest BCUT2D eigenvalue weighted by molar-refractivity contribution is 0.532. The van der Waals surface area contributed by atoms with Gasteiger partial charge in [-0.15, -0.1) is 0 Å². The first-order valence-corrected chi connectivity index (χ1v) is 6.87. The van der Waals surface area contributed by atoms with E-state index in [9.17, 15) is 0 Å². The molecule has 1 unspecified atom stereocenters. The Morgan fingerprint density at radius 1 is 0.737 bits per heavy atom. The number of rotatable bonds is 4. The minimum atomic E-state index is 0.315. The summed E-state index contributed by atoms with van der Waals surface area (Å²) in [6, 6.07) is 21.1. The third kappa shape index (κ3) is 3.54. The molecule has 98 valence electrons. The standard InChI is InChI=1S/C18H21N/c1-14(2)15(3)19-18(16-10-6-4-7-11-16)17-12-8-5-9-13-17/h4-15H,1-3H3. The molecule has 0 aliphatic heterocycles. The van der Waals surface area contributed by atoms with E-state index in [1.54, 1.807) is 0 Å². The minimum absolute atomic E-state index is 0.315. The van der Waals surface area contributed by atoms with Crippen LogP contribution in [0.1, 0.15) is 31.9 Å². The highest BCUT2D eigenvalue weighted by atomic mass is 14.8. The van der Waals surface area contributed by atoms with Crippen LogP contribution in [0.5, 0.6) is 0 Å². The summed E-state index contributed by atoms with van der Waals surface area (Å²) in [5.74, 6) is 0.544. The Labute approximate surface area is 116 Å². The van der Waals surface area contributed by atoms with Gasteiger partial charge < -0.3 is 0 Å². The molecule has 0 bridgehead atoms. The van der Waals surface area contributed by atoms with Crippen molar-refractivity contribution in [1.29, 1.82) is 0 Å². The van der Waals surface area contributed by atoms with Crippen LogP contribution >= 0.6 is 0 Å². The minimum Gasteiger partial charge on any atom is -0.281 e. The first-order valence-electron chi connectivity index (χ1n) is 6.87. The zero-order chi connectivity index (χ0) is 13.7. The summed E-state index contributed by atoms with van der Waals surface area (Å²) in [6.07, 6.45) is 0. The van der Waals surface area contributed by atoms with Gasteiger partial charge in [0.25, 0.3) is 0 Å². The topological polar surface area (TPSA) is 12.4 Å². The molecule has 1 heteroatoms. The van der Waals surface area contributed by atoms with Crippen LogP contribution in [0.3, 0.4) is 0 Å². The number of aliphatic imine (C=N–C) groups is 1. The highest BCUT2D eigenvalue weighted by Crippen LogP contribution is 2.14. The monoisotopic (exact) mass is 251 g/mol. The molecule has 2 rings (SSSR count). The molecule has 0 aliphatic rings. The Balaban J connectivity index is 2.46. The Hall–Kier alpha value is -1.89. The summed E-state index contributed by atoms with van der Waals surface area (Å²) in [5.41, 5.74) is 3.45. The van der Waals surface area contributed by atoms with E-state index in [-0.39, 0.29) is 0 Å². The van der Waals surface area contributed by atoms with Gasteiger partial charge in [-0.05, 0) is 12.8 Å². The van der Waals surface area contributed by atoms with Gasteiger partial charge >= 0.3 is 0 Å². The van der Waals surface area contributed by atoms with Gasteiger partial charge in [-0.2, -0.15) is 0 Å². The van der Waals surface area contributed by atoms with Crippen molar-refractivity contribution in [3.63, 3.8) is 0 Å². The van der Waals surface area contributed by atoms with E-state index in [0.29, 0.717) is 12.0 Å². The molecule has 0 aliphatic carbocycles. The molecule has 0 heterocycles. The van der Waals surface area contributed by atoms with Crippen molar-refractivity contribution in [2.75, 3.05) is 0 Å². The van der Waals surface area contributed by atoms with Gasteiger partial charge in [-0.3, -0.25) is 4.99 Å². The third-order valence-electron chi connectivity index (χ3n) is 3.39. The van der Waals surface area contributed by atoms with Crippen LogP contribution in [-0.2, 0) is 0 Å². The summed E-state index contributed by atoms with van der Waals surface area (Å²) in [4.78, 5) is 4.93. The summed E-state index contributed by atoms with van der Waals surface area (Å²) in [5, 5.41) is 0. The molecule has 0 N–H and O–H groups in total. The lowest BCUT2D eigenvalue weighted by atomic mass is 10.0. The smallest absolute Gasteiger partial charge is 0.0722 e. The van der Waals surface area contributed by atoms with Crippen LogP contribution < -0.4 is 0 Å². The fraction of sp³-hybridized carbons (Fsp3) is 0.278. The maximum absolute atomic E-state index is 4.93. The van der Waals surface area contributed by atoms with Crippen LogP contribution in [-0.4, -0.2) is 11.8 Å². The summed E-state index contributed by atoms with van der Waals surface area (Å²) in [6.45, 7) is 6.60. The normalized spacial score (nSPS) is 12.2. The maximum Gasteiger partial charge on any atom is 0.0722 e. The second-order valence-corrected chi connectivity index (χ2v) is 5.19. The Bertz CT molecular complexity index is 485. The van der Waals surface area contributed by atoms with Crippen LogP contribution in [0, 0.1) is 5.92 Å². The zero-order valence-corrected chi connectivity index (χ0v) is 11.9. The molecule has 0 radical (unpaired) electrons. The molecular weight excluding hydrogens is 230 g/mol. The average Bonchev–Trinajstić information content (AvgIpc) is 2.46. The first kappa shape index (κ1) is 13.5. The summed E-state index contributed by atoms with van der Waals surface area (Å²) >= 11 is 0.